The van der Waals surface area contributed by atoms with Crippen LogP contribution < -0.4 is 0 Å². The molecule has 0 saturated carbocycles. The second kappa shape index (κ2) is 7.50. The number of benzene rings is 1. The van der Waals surface area contributed by atoms with Gasteiger partial charge < -0.3 is 9.72 Å². The largest absolute Gasteiger partial charge is 0.372 e. The molecule has 25 heavy (non-hydrogen) atoms. The number of thiophene rings is 1. The Hall–Kier alpha value is -1.34. The summed E-state index contributed by atoms with van der Waals surface area (Å²) in [5.74, 6) is 0.688. The van der Waals surface area contributed by atoms with Crippen LogP contribution in [-0.2, 0) is 17.6 Å². The molecule has 130 valence electrons. The molecule has 0 unspecified atom stereocenters. The Morgan fingerprint density at radius 2 is 2.24 bits per heavy atom. The number of hydrogen-bond acceptors (Lipinski definition) is 4. The number of nitrogens with zero attached hydrogens (tertiary/aromatic N) is 1. The van der Waals surface area contributed by atoms with Crippen molar-refractivity contribution in [3.8, 4) is 0 Å². The number of H-pyrrole nitrogens is 1. The SMILES string of the molecule is Fc1ccc2c(c1)[C@H](OCCc1ccsc1Cl)[C@H](Cc1ncc[nH]1)S2. The molecule has 0 spiro atoms. The lowest BCUT2D eigenvalue weighted by atomic mass is 10.0. The van der Waals surface area contributed by atoms with Crippen molar-refractivity contribution in [3.05, 3.63) is 69.1 Å². The van der Waals surface area contributed by atoms with Crippen molar-refractivity contribution in [1.82, 2.24) is 9.97 Å². The topological polar surface area (TPSA) is 37.9 Å². The molecule has 0 fully saturated rings. The molecule has 3 heterocycles. The lowest BCUT2D eigenvalue weighted by Crippen LogP contribution is -2.18. The first-order chi connectivity index (χ1) is 12.2. The second-order valence-corrected chi connectivity index (χ2v) is 8.64. The number of thioether (sulfide) groups is 1. The van der Waals surface area contributed by atoms with Crippen LogP contribution in [0.4, 0.5) is 4.39 Å². The molecule has 1 aliphatic rings. The second-order valence-electron chi connectivity index (χ2n) is 5.84. The first-order valence-corrected chi connectivity index (χ1v) is 10.1. The highest BCUT2D eigenvalue weighted by atomic mass is 35.5. The maximum atomic E-state index is 13.7. The van der Waals surface area contributed by atoms with Crippen molar-refractivity contribution in [2.24, 2.45) is 0 Å². The molecular weight excluding hydrogens is 379 g/mol. The fraction of sp³-hybridized carbons (Fsp3) is 0.278. The summed E-state index contributed by atoms with van der Waals surface area (Å²) in [7, 11) is 0. The molecular formula is C18H16ClFN2OS2. The van der Waals surface area contributed by atoms with Gasteiger partial charge in [0.05, 0.1) is 17.0 Å². The Balaban J connectivity index is 1.50. The van der Waals surface area contributed by atoms with Gasteiger partial charge in [-0.15, -0.1) is 23.1 Å². The summed E-state index contributed by atoms with van der Waals surface area (Å²) < 4.78 is 20.7. The van der Waals surface area contributed by atoms with Crippen LogP contribution in [0, 0.1) is 5.82 Å². The van der Waals surface area contributed by atoms with Crippen LogP contribution in [-0.4, -0.2) is 21.8 Å². The van der Waals surface area contributed by atoms with Gasteiger partial charge in [0.2, 0.25) is 0 Å². The number of nitrogens with one attached hydrogen (secondary N) is 1. The zero-order valence-corrected chi connectivity index (χ0v) is 15.6. The predicted octanol–water partition coefficient (Wildman–Crippen LogP) is 5.28. The number of ether oxygens (including phenoxy) is 1. The average molecular weight is 395 g/mol. The van der Waals surface area contributed by atoms with Crippen LogP contribution in [0.15, 0.2) is 46.9 Å². The van der Waals surface area contributed by atoms with Crippen LogP contribution in [0.2, 0.25) is 4.34 Å². The Bertz CT molecular complexity index is 853. The Kier molecular flexibility index (Phi) is 5.12. The number of rotatable bonds is 6. The highest BCUT2D eigenvalue weighted by Gasteiger charge is 2.35. The van der Waals surface area contributed by atoms with Gasteiger partial charge in [-0.05, 0) is 47.2 Å². The van der Waals surface area contributed by atoms with Crippen LogP contribution >= 0.6 is 34.7 Å². The molecule has 1 aromatic carbocycles. The van der Waals surface area contributed by atoms with Crippen molar-refractivity contribution < 1.29 is 9.13 Å². The Morgan fingerprint density at radius 3 is 3.00 bits per heavy atom. The highest BCUT2D eigenvalue weighted by molar-refractivity contribution is 8.00. The minimum Gasteiger partial charge on any atom is -0.372 e. The lowest BCUT2D eigenvalue weighted by Gasteiger charge is -2.19. The summed E-state index contributed by atoms with van der Waals surface area (Å²) in [6.45, 7) is 0.548. The number of aromatic nitrogens is 2. The normalized spacial score (nSPS) is 19.3. The molecule has 0 saturated heterocycles. The van der Waals surface area contributed by atoms with Crippen molar-refractivity contribution in [2.45, 2.75) is 29.1 Å². The molecule has 1 aliphatic heterocycles. The number of aromatic amines is 1. The van der Waals surface area contributed by atoms with Crippen LogP contribution in [0.1, 0.15) is 23.1 Å². The molecule has 0 amide bonds. The van der Waals surface area contributed by atoms with E-state index in [9.17, 15) is 4.39 Å². The lowest BCUT2D eigenvalue weighted by molar-refractivity contribution is 0.0540. The highest BCUT2D eigenvalue weighted by Crippen LogP contribution is 2.47. The molecule has 1 N–H and O–H groups in total. The quantitative estimate of drug-likeness (QED) is 0.618. The fourth-order valence-electron chi connectivity index (χ4n) is 3.01. The van der Waals surface area contributed by atoms with E-state index in [1.807, 2.05) is 23.7 Å². The van der Waals surface area contributed by atoms with Gasteiger partial charge >= 0.3 is 0 Å². The van der Waals surface area contributed by atoms with Gasteiger partial charge in [0, 0.05) is 29.0 Å². The van der Waals surface area contributed by atoms with Gasteiger partial charge in [-0.1, -0.05) is 11.6 Å². The zero-order valence-electron chi connectivity index (χ0n) is 13.2. The van der Waals surface area contributed by atoms with E-state index in [1.165, 1.54) is 17.4 Å². The molecule has 7 heteroatoms. The van der Waals surface area contributed by atoms with Crippen molar-refractivity contribution in [2.75, 3.05) is 6.61 Å². The van der Waals surface area contributed by atoms with Gasteiger partial charge in [-0.25, -0.2) is 9.37 Å². The van der Waals surface area contributed by atoms with Crippen molar-refractivity contribution in [3.63, 3.8) is 0 Å². The van der Waals surface area contributed by atoms with Gasteiger partial charge in [0.1, 0.15) is 11.6 Å². The van der Waals surface area contributed by atoms with Crippen LogP contribution in [0.5, 0.6) is 0 Å². The fourth-order valence-corrected chi connectivity index (χ4v) is 5.37. The predicted molar refractivity (Wildman–Crippen MR) is 100 cm³/mol. The molecule has 2 aromatic heterocycles. The average Bonchev–Trinajstić information content (AvgIpc) is 3.31. The molecule has 4 rings (SSSR count). The number of fused-ring (bicyclic) bond motifs is 1. The van der Waals surface area contributed by atoms with Crippen LogP contribution in [0.25, 0.3) is 0 Å². The third kappa shape index (κ3) is 3.77. The van der Waals surface area contributed by atoms with Gasteiger partial charge in [0.25, 0.3) is 0 Å². The van der Waals surface area contributed by atoms with Gasteiger partial charge in [-0.2, -0.15) is 0 Å². The van der Waals surface area contributed by atoms with Crippen molar-refractivity contribution in [1.29, 1.82) is 0 Å². The molecule has 0 radical (unpaired) electrons. The van der Waals surface area contributed by atoms with E-state index in [2.05, 4.69) is 9.97 Å². The van der Waals surface area contributed by atoms with Crippen molar-refractivity contribution >= 4 is 34.7 Å². The van der Waals surface area contributed by atoms with Gasteiger partial charge in [0.15, 0.2) is 0 Å². The third-order valence-electron chi connectivity index (χ3n) is 4.21. The minimum atomic E-state index is -0.229. The molecule has 2 atom stereocenters. The summed E-state index contributed by atoms with van der Waals surface area (Å²) in [5.41, 5.74) is 2.03. The zero-order chi connectivity index (χ0) is 17.2. The third-order valence-corrected chi connectivity index (χ3v) is 6.80. The Morgan fingerprint density at radius 1 is 1.32 bits per heavy atom. The maximum absolute atomic E-state index is 13.7. The summed E-state index contributed by atoms with van der Waals surface area (Å²) in [4.78, 5) is 8.53. The van der Waals surface area contributed by atoms with E-state index >= 15 is 0 Å². The number of imidazole rings is 1. The Labute approximate surface area is 158 Å². The molecule has 0 bridgehead atoms. The monoisotopic (exact) mass is 394 g/mol. The summed E-state index contributed by atoms with van der Waals surface area (Å²) >= 11 is 9.41. The number of hydrogen-bond donors (Lipinski definition) is 1. The minimum absolute atomic E-state index is 0.154. The summed E-state index contributed by atoms with van der Waals surface area (Å²) in [6, 6.07) is 6.95. The van der Waals surface area contributed by atoms with E-state index in [4.69, 9.17) is 16.3 Å². The summed E-state index contributed by atoms with van der Waals surface area (Å²) in [5, 5.41) is 2.15. The smallest absolute Gasteiger partial charge is 0.123 e. The maximum Gasteiger partial charge on any atom is 0.123 e. The molecule has 0 aliphatic carbocycles. The molecule has 3 aromatic rings. The van der Waals surface area contributed by atoms with E-state index in [1.54, 1.807) is 24.0 Å². The van der Waals surface area contributed by atoms with E-state index in [-0.39, 0.29) is 17.2 Å². The molecule has 3 nitrogen and oxygen atoms in total. The van der Waals surface area contributed by atoms with Crippen LogP contribution in [0.3, 0.4) is 0 Å². The number of halogens is 2. The first-order valence-electron chi connectivity index (χ1n) is 7.98. The standard InChI is InChI=1S/C18H16ClFN2OS2/c19-18-11(4-8-24-18)3-7-23-17-13-9-12(20)1-2-14(13)25-15(17)10-16-21-5-6-22-16/h1-2,4-6,8-9,15,17H,3,7,10H2,(H,21,22)/t15-,17-/m0/s1. The van der Waals surface area contributed by atoms with Gasteiger partial charge in [-0.3, -0.25) is 0 Å². The first kappa shape index (κ1) is 17.1. The van der Waals surface area contributed by atoms with E-state index < -0.39 is 0 Å². The van der Waals surface area contributed by atoms with E-state index in [0.717, 1.165) is 39.0 Å². The summed E-state index contributed by atoms with van der Waals surface area (Å²) in [6.07, 6.45) is 4.91. The van der Waals surface area contributed by atoms with E-state index in [0.29, 0.717) is 6.61 Å².